The number of methoxy groups -OCH3 is 1. The van der Waals surface area contributed by atoms with Crippen LogP contribution in [0.1, 0.15) is 73.1 Å². The summed E-state index contributed by atoms with van der Waals surface area (Å²) >= 11 is 0. The number of hydrogen-bond donors (Lipinski definition) is 3. The van der Waals surface area contributed by atoms with Crippen LogP contribution in [0.5, 0.6) is 11.5 Å². The van der Waals surface area contributed by atoms with Crippen molar-refractivity contribution in [3.63, 3.8) is 0 Å². The summed E-state index contributed by atoms with van der Waals surface area (Å²) in [5.74, 6) is -2.14. The summed E-state index contributed by atoms with van der Waals surface area (Å²) in [6.07, 6.45) is 1.92. The first-order valence-corrected chi connectivity index (χ1v) is 21.6. The summed E-state index contributed by atoms with van der Waals surface area (Å²) in [7, 11) is -2.40. The molecule has 3 aromatic rings. The Labute approximate surface area is 350 Å². The largest absolute Gasteiger partial charge is 0.497 e. The van der Waals surface area contributed by atoms with Crippen molar-refractivity contribution >= 4 is 50.5 Å². The maximum atomic E-state index is 14.7. The number of ether oxygens (including phenoxy) is 3. The van der Waals surface area contributed by atoms with Gasteiger partial charge in [0.05, 0.1) is 30.1 Å². The highest BCUT2D eigenvalue weighted by molar-refractivity contribution is 7.91. The number of alkyl carbamates (subject to hydrolysis) is 1. The van der Waals surface area contributed by atoms with Crippen molar-refractivity contribution in [2.75, 3.05) is 13.7 Å². The van der Waals surface area contributed by atoms with Crippen LogP contribution in [0.3, 0.4) is 0 Å². The fourth-order valence-electron chi connectivity index (χ4n) is 7.32. The van der Waals surface area contributed by atoms with E-state index < -0.39 is 74.3 Å². The Morgan fingerprint density at radius 3 is 2.38 bits per heavy atom. The first-order valence-electron chi connectivity index (χ1n) is 20.0. The van der Waals surface area contributed by atoms with Gasteiger partial charge in [0.15, 0.2) is 5.78 Å². The number of nitrogens with zero attached hydrogens (tertiary/aromatic N) is 2. The first kappa shape index (κ1) is 43.8. The maximum absolute atomic E-state index is 14.7. The Bertz CT molecular complexity index is 2320. The van der Waals surface area contributed by atoms with Gasteiger partial charge in [0.25, 0.3) is 5.91 Å². The number of allylic oxidation sites excluding steroid dienone is 2. The molecule has 6 rings (SSSR count). The van der Waals surface area contributed by atoms with E-state index in [2.05, 4.69) is 21.9 Å². The van der Waals surface area contributed by atoms with E-state index in [1.54, 1.807) is 66.0 Å². The molecule has 5 atom stereocenters. The number of amides is 4. The molecule has 1 aliphatic heterocycles. The van der Waals surface area contributed by atoms with Crippen molar-refractivity contribution in [1.82, 2.24) is 25.2 Å². The van der Waals surface area contributed by atoms with E-state index >= 15 is 0 Å². The molecule has 2 aromatic carbocycles. The number of sulfonamides is 1. The van der Waals surface area contributed by atoms with E-state index in [9.17, 15) is 32.4 Å². The molecule has 60 heavy (non-hydrogen) atoms. The summed E-state index contributed by atoms with van der Waals surface area (Å²) in [6, 6.07) is 14.1. The predicted molar refractivity (Wildman–Crippen MR) is 224 cm³/mol. The highest BCUT2D eigenvalue weighted by Crippen LogP contribution is 2.45. The van der Waals surface area contributed by atoms with Crippen LogP contribution in [0.15, 0.2) is 78.9 Å². The quantitative estimate of drug-likeness (QED) is 0.128. The van der Waals surface area contributed by atoms with Crippen LogP contribution in [0.4, 0.5) is 4.79 Å². The van der Waals surface area contributed by atoms with E-state index in [1.807, 2.05) is 30.3 Å². The molecule has 4 amide bonds. The molecule has 1 saturated heterocycles. The number of pyridine rings is 1. The summed E-state index contributed by atoms with van der Waals surface area (Å²) in [5, 5.41) is 5.36. The second-order valence-corrected chi connectivity index (χ2v) is 18.8. The molecule has 2 aliphatic carbocycles. The Hall–Kier alpha value is -5.77. The number of carbonyl (C=O) groups excluding carboxylic acids is 5. The summed E-state index contributed by atoms with van der Waals surface area (Å²) in [4.78, 5) is 75.0. The highest BCUT2D eigenvalue weighted by atomic mass is 32.2. The van der Waals surface area contributed by atoms with Gasteiger partial charge in [0, 0.05) is 41.8 Å². The maximum Gasteiger partial charge on any atom is 0.408 e. The molecule has 2 saturated carbocycles. The topological polar surface area (TPSA) is 199 Å². The third-order valence-electron chi connectivity index (χ3n) is 10.6. The van der Waals surface area contributed by atoms with Crippen molar-refractivity contribution in [2.45, 2.75) is 108 Å². The fraction of sp³-hybridized carbons (Fsp3) is 0.455. The van der Waals surface area contributed by atoms with Gasteiger partial charge in [-0.3, -0.25) is 23.9 Å². The lowest BCUT2D eigenvalue weighted by atomic mass is 10.1. The Kier molecular flexibility index (Phi) is 12.7. The lowest BCUT2D eigenvalue weighted by Crippen LogP contribution is -2.58. The average Bonchev–Trinajstić information content (AvgIpc) is 4.12. The second kappa shape index (κ2) is 17.4. The third-order valence-corrected chi connectivity index (χ3v) is 12.4. The number of ketones is 1. The molecule has 0 bridgehead atoms. The molecule has 1 aromatic heterocycles. The minimum absolute atomic E-state index is 0.0507. The van der Waals surface area contributed by atoms with Crippen LogP contribution in [0.2, 0.25) is 0 Å². The third kappa shape index (κ3) is 10.3. The van der Waals surface area contributed by atoms with Gasteiger partial charge in [-0.15, -0.1) is 6.58 Å². The smallest absolute Gasteiger partial charge is 0.408 e. The molecule has 320 valence electrons. The highest BCUT2D eigenvalue weighted by Gasteiger charge is 2.62. The zero-order valence-electron chi connectivity index (χ0n) is 34.8. The first-order chi connectivity index (χ1) is 28.3. The van der Waals surface area contributed by atoms with Crippen molar-refractivity contribution in [1.29, 1.82) is 0 Å². The summed E-state index contributed by atoms with van der Waals surface area (Å²) < 4.78 is 45.4. The molecule has 2 heterocycles. The number of carbonyl (C=O) groups is 5. The molecule has 0 radical (unpaired) electrons. The van der Waals surface area contributed by atoms with Crippen LogP contribution < -0.4 is 24.8 Å². The standard InChI is InChI=1S/C44H53N5O10S/c1-8-28-24-44(28,41(53)48-60(55,56)32-16-17-32)47-39(51)37-22-31(25-49(37)40(52)34(19-14-29(50)20-26(2)3)46-42(54)59-43(4,5)6)58-38-23-35(27-12-10-9-11-13-27)45-36-21-30(57-7)15-18-33(36)38/h8-13,15,18,20-21,23,28,31-32,34,37H,1,14,16-17,19,22,24-25H2,2-7H3,(H,46,54)(H,47,51)(H,48,53)/t28?,31-,34+,37+,44-/m1/s1. The number of benzene rings is 2. The van der Waals surface area contributed by atoms with Crippen molar-refractivity contribution in [2.24, 2.45) is 5.92 Å². The number of nitrogens with one attached hydrogen (secondary N) is 3. The second-order valence-electron chi connectivity index (χ2n) is 16.8. The van der Waals surface area contributed by atoms with Gasteiger partial charge in [-0.1, -0.05) is 42.0 Å². The average molecular weight is 844 g/mol. The lowest BCUT2D eigenvalue weighted by Gasteiger charge is -2.30. The van der Waals surface area contributed by atoms with Crippen molar-refractivity contribution in [3.8, 4) is 22.8 Å². The van der Waals surface area contributed by atoms with Crippen LogP contribution >= 0.6 is 0 Å². The predicted octanol–water partition coefficient (Wildman–Crippen LogP) is 5.14. The van der Waals surface area contributed by atoms with Crippen molar-refractivity contribution < 1.29 is 46.6 Å². The monoisotopic (exact) mass is 843 g/mol. The minimum atomic E-state index is -3.95. The zero-order chi connectivity index (χ0) is 43.6. The van der Waals surface area contributed by atoms with E-state index in [0.717, 1.165) is 11.1 Å². The Balaban J connectivity index is 1.35. The summed E-state index contributed by atoms with van der Waals surface area (Å²) in [5.41, 5.74) is 0.232. The molecule has 15 nitrogen and oxygen atoms in total. The zero-order valence-corrected chi connectivity index (χ0v) is 35.6. The van der Waals surface area contributed by atoms with E-state index in [1.165, 1.54) is 17.1 Å². The van der Waals surface area contributed by atoms with Gasteiger partial charge < -0.3 is 29.7 Å². The Morgan fingerprint density at radius 1 is 1.05 bits per heavy atom. The summed E-state index contributed by atoms with van der Waals surface area (Å²) in [6.45, 7) is 12.2. The van der Waals surface area contributed by atoms with Gasteiger partial charge >= 0.3 is 6.09 Å². The molecular weight excluding hydrogens is 791 g/mol. The molecule has 3 N–H and O–H groups in total. The molecule has 3 fully saturated rings. The lowest BCUT2D eigenvalue weighted by molar-refractivity contribution is -0.141. The van der Waals surface area contributed by atoms with E-state index in [0.29, 0.717) is 40.9 Å². The molecule has 0 spiro atoms. The molecule has 3 aliphatic rings. The SMILES string of the molecule is C=CC1C[C@]1(NC(=O)[C@@H]1C[C@@H](Oc2cc(-c3ccccc3)nc3cc(OC)ccc23)CN1C(=O)[C@H](CCC(=O)C=C(C)C)NC(=O)OC(C)(C)C)C(=O)NS(=O)(=O)C1CC1. The molecule has 1 unspecified atom stereocenters. The van der Waals surface area contributed by atoms with Crippen LogP contribution in [-0.4, -0.2) is 96.1 Å². The number of fused-ring (bicyclic) bond motifs is 1. The number of likely N-dealkylation sites (tertiary alicyclic amines) is 1. The Morgan fingerprint density at radius 2 is 1.77 bits per heavy atom. The fourth-order valence-corrected chi connectivity index (χ4v) is 8.68. The van der Waals surface area contributed by atoms with Gasteiger partial charge in [-0.25, -0.2) is 18.2 Å². The van der Waals surface area contributed by atoms with Gasteiger partial charge in [-0.2, -0.15) is 0 Å². The van der Waals surface area contributed by atoms with Crippen molar-refractivity contribution in [3.05, 3.63) is 78.9 Å². The van der Waals surface area contributed by atoms with Gasteiger partial charge in [-0.05, 0) is 78.5 Å². The van der Waals surface area contributed by atoms with Gasteiger partial charge in [0.1, 0.15) is 40.8 Å². The normalized spacial score (nSPS) is 21.6. The van der Waals surface area contributed by atoms with Crippen LogP contribution in [0.25, 0.3) is 22.2 Å². The van der Waals surface area contributed by atoms with E-state index in [-0.39, 0.29) is 38.0 Å². The number of rotatable bonds is 16. The number of aromatic nitrogens is 1. The molecular formula is C44H53N5O10S. The van der Waals surface area contributed by atoms with Crippen LogP contribution in [0, 0.1) is 5.92 Å². The minimum Gasteiger partial charge on any atom is -0.497 e. The van der Waals surface area contributed by atoms with Gasteiger partial charge in [0.2, 0.25) is 21.8 Å². The van der Waals surface area contributed by atoms with E-state index in [4.69, 9.17) is 19.2 Å². The van der Waals surface area contributed by atoms with Crippen LogP contribution in [-0.2, 0) is 33.9 Å². The number of hydrogen-bond acceptors (Lipinski definition) is 11. The molecule has 16 heteroatoms.